The number of aliphatic imine (C=N–C) groups is 1. The van der Waals surface area contributed by atoms with E-state index in [0.29, 0.717) is 18.1 Å². The Morgan fingerprint density at radius 2 is 1.87 bits per heavy atom. The van der Waals surface area contributed by atoms with E-state index in [-0.39, 0.29) is 5.41 Å². The summed E-state index contributed by atoms with van der Waals surface area (Å²) >= 11 is 6.00. The second-order valence-corrected chi connectivity index (χ2v) is 10.3. The fraction of sp³-hybridized carbons (Fsp3) is 0.708. The van der Waals surface area contributed by atoms with E-state index in [1.807, 2.05) is 19.2 Å². The first-order valence-electron chi connectivity index (χ1n) is 11.4. The van der Waals surface area contributed by atoms with E-state index in [2.05, 4.69) is 53.4 Å². The normalized spacial score (nSPS) is 24.6. The molecule has 6 heteroatoms. The average molecular weight is 435 g/mol. The first-order chi connectivity index (χ1) is 14.3. The third-order valence-corrected chi connectivity index (χ3v) is 6.55. The van der Waals surface area contributed by atoms with E-state index in [0.717, 1.165) is 63.0 Å². The lowest BCUT2D eigenvalue weighted by atomic mass is 9.78. The van der Waals surface area contributed by atoms with Gasteiger partial charge in [0.05, 0.1) is 6.10 Å². The van der Waals surface area contributed by atoms with Crippen LogP contribution in [-0.4, -0.2) is 56.3 Å². The average Bonchev–Trinajstić information content (AvgIpc) is 2.73. The summed E-state index contributed by atoms with van der Waals surface area (Å²) in [4.78, 5) is 7.00. The largest absolute Gasteiger partial charge is 0.377 e. The summed E-state index contributed by atoms with van der Waals surface area (Å²) < 4.78 is 6.12. The minimum Gasteiger partial charge on any atom is -0.377 e. The molecule has 0 radical (unpaired) electrons. The Balaban J connectivity index is 1.42. The van der Waals surface area contributed by atoms with Crippen LogP contribution in [0.25, 0.3) is 0 Å². The van der Waals surface area contributed by atoms with Crippen LogP contribution in [-0.2, 0) is 11.3 Å². The minimum absolute atomic E-state index is 0.167. The van der Waals surface area contributed by atoms with Gasteiger partial charge in [-0.05, 0) is 48.8 Å². The second-order valence-electron chi connectivity index (χ2n) is 9.83. The lowest BCUT2D eigenvalue weighted by molar-refractivity contribution is -0.0835. The predicted octanol–water partition coefficient (Wildman–Crippen LogP) is 4.31. The summed E-state index contributed by atoms with van der Waals surface area (Å²) in [5, 5.41) is 8.02. The van der Waals surface area contributed by atoms with Crippen molar-refractivity contribution in [2.24, 2.45) is 16.3 Å². The molecule has 3 rings (SSSR count). The molecule has 2 saturated heterocycles. The molecule has 2 aliphatic heterocycles. The summed E-state index contributed by atoms with van der Waals surface area (Å²) in [6, 6.07) is 8.67. The zero-order chi connectivity index (χ0) is 21.6. The summed E-state index contributed by atoms with van der Waals surface area (Å²) in [5.41, 5.74) is 1.49. The smallest absolute Gasteiger partial charge is 0.191 e. The zero-order valence-electron chi connectivity index (χ0n) is 19.1. The SMILES string of the molecule is CN=C(NCC1CCCOC1C(C)(C)C)NC1CCN(Cc2ccc(Cl)cc2)CC1. The van der Waals surface area contributed by atoms with E-state index in [4.69, 9.17) is 16.3 Å². The number of benzene rings is 1. The molecule has 1 aromatic rings. The standard InChI is InChI=1S/C24H39ClN4O/c1-24(2,3)22-19(6-5-15-30-22)16-27-23(26-4)28-21-11-13-29(14-12-21)17-18-7-9-20(25)10-8-18/h7-10,19,21-22H,5-6,11-17H2,1-4H3,(H2,26,27,28). The molecule has 0 amide bonds. The Bertz CT molecular complexity index is 677. The molecule has 0 aliphatic carbocycles. The van der Waals surface area contributed by atoms with Gasteiger partial charge in [-0.25, -0.2) is 0 Å². The summed E-state index contributed by atoms with van der Waals surface area (Å²) in [6.45, 7) is 11.8. The molecule has 0 spiro atoms. The van der Waals surface area contributed by atoms with Crippen LogP contribution >= 0.6 is 11.6 Å². The van der Waals surface area contributed by atoms with Gasteiger partial charge in [0.25, 0.3) is 0 Å². The van der Waals surface area contributed by atoms with Crippen LogP contribution in [0.15, 0.2) is 29.3 Å². The molecule has 2 heterocycles. The maximum Gasteiger partial charge on any atom is 0.191 e. The summed E-state index contributed by atoms with van der Waals surface area (Å²) in [7, 11) is 1.86. The molecule has 2 atom stereocenters. The number of nitrogens with zero attached hydrogens (tertiary/aromatic N) is 2. The Kier molecular flexibility index (Phi) is 8.44. The topological polar surface area (TPSA) is 48.9 Å². The highest BCUT2D eigenvalue weighted by Gasteiger charge is 2.35. The van der Waals surface area contributed by atoms with Gasteiger partial charge in [-0.15, -0.1) is 0 Å². The van der Waals surface area contributed by atoms with Gasteiger partial charge in [-0.2, -0.15) is 0 Å². The maximum atomic E-state index is 6.12. The first kappa shape index (κ1) is 23.4. The Labute approximate surface area is 187 Å². The molecular formula is C24H39ClN4O. The monoisotopic (exact) mass is 434 g/mol. The molecule has 30 heavy (non-hydrogen) atoms. The second kappa shape index (κ2) is 10.8. The van der Waals surface area contributed by atoms with Crippen molar-refractivity contribution < 1.29 is 4.74 Å². The van der Waals surface area contributed by atoms with Crippen molar-refractivity contribution in [1.82, 2.24) is 15.5 Å². The zero-order valence-corrected chi connectivity index (χ0v) is 19.8. The van der Waals surface area contributed by atoms with Crippen LogP contribution in [0.4, 0.5) is 0 Å². The van der Waals surface area contributed by atoms with Crippen molar-refractivity contribution in [3.05, 3.63) is 34.9 Å². The Morgan fingerprint density at radius 3 is 2.50 bits per heavy atom. The number of hydrogen-bond acceptors (Lipinski definition) is 3. The molecule has 2 aliphatic rings. The minimum atomic E-state index is 0.167. The highest BCUT2D eigenvalue weighted by atomic mass is 35.5. The lowest BCUT2D eigenvalue weighted by Gasteiger charge is -2.40. The van der Waals surface area contributed by atoms with Crippen molar-refractivity contribution in [2.45, 2.75) is 65.1 Å². The van der Waals surface area contributed by atoms with Crippen molar-refractivity contribution in [3.8, 4) is 0 Å². The molecule has 0 saturated carbocycles. The highest BCUT2D eigenvalue weighted by molar-refractivity contribution is 6.30. The molecule has 5 nitrogen and oxygen atoms in total. The quantitative estimate of drug-likeness (QED) is 0.535. The number of rotatable bonds is 5. The third-order valence-electron chi connectivity index (χ3n) is 6.30. The van der Waals surface area contributed by atoms with Crippen molar-refractivity contribution in [3.63, 3.8) is 0 Å². The van der Waals surface area contributed by atoms with Crippen molar-refractivity contribution in [1.29, 1.82) is 0 Å². The highest BCUT2D eigenvalue weighted by Crippen LogP contribution is 2.33. The number of likely N-dealkylation sites (tertiary alicyclic amines) is 1. The van der Waals surface area contributed by atoms with Crippen molar-refractivity contribution in [2.75, 3.05) is 33.3 Å². The molecule has 2 fully saturated rings. The van der Waals surface area contributed by atoms with E-state index in [1.54, 1.807) is 0 Å². The van der Waals surface area contributed by atoms with Gasteiger partial charge in [0.15, 0.2) is 5.96 Å². The number of hydrogen-bond donors (Lipinski definition) is 2. The fourth-order valence-electron chi connectivity index (χ4n) is 4.71. The van der Waals surface area contributed by atoms with Gasteiger partial charge in [-0.1, -0.05) is 44.5 Å². The van der Waals surface area contributed by atoms with Crippen LogP contribution in [0, 0.1) is 11.3 Å². The van der Waals surface area contributed by atoms with Crippen LogP contribution in [0.1, 0.15) is 52.0 Å². The van der Waals surface area contributed by atoms with Gasteiger partial charge < -0.3 is 15.4 Å². The third kappa shape index (κ3) is 6.86. The molecule has 1 aromatic carbocycles. The molecule has 2 N–H and O–H groups in total. The summed E-state index contributed by atoms with van der Waals surface area (Å²) in [6.07, 6.45) is 4.93. The van der Waals surface area contributed by atoms with Gasteiger partial charge in [-0.3, -0.25) is 9.89 Å². The number of ether oxygens (including phenoxy) is 1. The van der Waals surface area contributed by atoms with Gasteiger partial charge in [0, 0.05) is 56.8 Å². The molecular weight excluding hydrogens is 396 g/mol. The maximum absolute atomic E-state index is 6.12. The van der Waals surface area contributed by atoms with E-state index in [1.165, 1.54) is 12.0 Å². The Morgan fingerprint density at radius 1 is 1.17 bits per heavy atom. The lowest BCUT2D eigenvalue weighted by Crippen LogP contribution is -2.51. The van der Waals surface area contributed by atoms with E-state index >= 15 is 0 Å². The molecule has 0 bridgehead atoms. The molecule has 0 aromatic heterocycles. The Hall–Kier alpha value is -1.30. The molecule has 2 unspecified atom stereocenters. The number of halogens is 1. The number of guanidine groups is 1. The van der Waals surface area contributed by atoms with Gasteiger partial charge in [0.2, 0.25) is 0 Å². The predicted molar refractivity (Wildman–Crippen MR) is 126 cm³/mol. The van der Waals surface area contributed by atoms with Crippen molar-refractivity contribution >= 4 is 17.6 Å². The number of nitrogens with one attached hydrogen (secondary N) is 2. The van der Waals surface area contributed by atoms with E-state index < -0.39 is 0 Å². The van der Waals surface area contributed by atoms with E-state index in [9.17, 15) is 0 Å². The van der Waals surface area contributed by atoms with Gasteiger partial charge in [0.1, 0.15) is 0 Å². The number of piperidine rings is 1. The first-order valence-corrected chi connectivity index (χ1v) is 11.8. The van der Waals surface area contributed by atoms with Crippen LogP contribution < -0.4 is 10.6 Å². The summed E-state index contributed by atoms with van der Waals surface area (Å²) in [5.74, 6) is 1.45. The van der Waals surface area contributed by atoms with Crippen LogP contribution in [0.2, 0.25) is 5.02 Å². The van der Waals surface area contributed by atoms with Gasteiger partial charge >= 0.3 is 0 Å². The fourth-order valence-corrected chi connectivity index (χ4v) is 4.83. The van der Waals surface area contributed by atoms with Crippen LogP contribution in [0.5, 0.6) is 0 Å². The molecule has 168 valence electrons. The van der Waals surface area contributed by atoms with Crippen LogP contribution in [0.3, 0.4) is 0 Å².